The predicted molar refractivity (Wildman–Crippen MR) is 98.7 cm³/mol. The molecule has 5 nitrogen and oxygen atoms in total. The zero-order chi connectivity index (χ0) is 18.9. The molecule has 1 aliphatic rings. The minimum absolute atomic E-state index is 0.0183. The highest BCUT2D eigenvalue weighted by molar-refractivity contribution is 5.63. The minimum atomic E-state index is -1.54. The van der Waals surface area contributed by atoms with E-state index in [2.05, 4.69) is 6.58 Å². The van der Waals surface area contributed by atoms with Crippen molar-refractivity contribution in [2.24, 2.45) is 0 Å². The molecule has 1 heterocycles. The lowest BCUT2D eigenvalue weighted by Crippen LogP contribution is -2.32. The quantitative estimate of drug-likeness (QED) is 0.708. The van der Waals surface area contributed by atoms with E-state index in [1.54, 1.807) is 25.3 Å². The van der Waals surface area contributed by atoms with Gasteiger partial charge in [0, 0.05) is 30.4 Å². The molecule has 0 aromatic heterocycles. The van der Waals surface area contributed by atoms with E-state index in [1.807, 2.05) is 13.0 Å². The zero-order valence-corrected chi connectivity index (χ0v) is 14.8. The number of phenolic OH excluding ortho intramolecular Hbond substituents is 2. The highest BCUT2D eigenvalue weighted by Gasteiger charge is 2.42. The highest BCUT2D eigenvalue weighted by atomic mass is 16.5. The van der Waals surface area contributed by atoms with Crippen molar-refractivity contribution >= 4 is 0 Å². The molecule has 0 radical (unpaired) electrons. The third kappa shape index (κ3) is 3.07. The van der Waals surface area contributed by atoms with Crippen LogP contribution in [-0.2, 0) is 10.3 Å². The van der Waals surface area contributed by atoms with Crippen molar-refractivity contribution < 1.29 is 24.8 Å². The Morgan fingerprint density at radius 3 is 2.19 bits per heavy atom. The monoisotopic (exact) mass is 354 g/mol. The summed E-state index contributed by atoms with van der Waals surface area (Å²) in [4.78, 5) is 0. The number of fused-ring (bicyclic) bond motifs is 2. The Morgan fingerprint density at radius 1 is 1.15 bits per heavy atom. The molecule has 1 unspecified atom stereocenters. The molecule has 0 fully saturated rings. The van der Waals surface area contributed by atoms with Crippen molar-refractivity contribution in [2.75, 3.05) is 7.11 Å². The summed E-state index contributed by atoms with van der Waals surface area (Å²) in [5.74, 6) is 0.658. The first-order valence-electron chi connectivity index (χ1n) is 8.32. The van der Waals surface area contributed by atoms with E-state index in [1.165, 1.54) is 24.3 Å². The molecule has 3 N–H and O–H groups in total. The Morgan fingerprint density at radius 2 is 1.69 bits per heavy atom. The molecule has 0 saturated carbocycles. The molecule has 136 valence electrons. The van der Waals surface area contributed by atoms with Gasteiger partial charge in [-0.1, -0.05) is 18.7 Å². The van der Waals surface area contributed by atoms with Crippen LogP contribution < -0.4 is 4.74 Å². The van der Waals surface area contributed by atoms with Crippen molar-refractivity contribution in [3.8, 4) is 23.0 Å². The largest absolute Gasteiger partial charge is 0.508 e. The molecular weight excluding hydrogens is 332 g/mol. The van der Waals surface area contributed by atoms with Gasteiger partial charge in [0.05, 0.1) is 6.10 Å². The van der Waals surface area contributed by atoms with E-state index in [0.29, 0.717) is 34.6 Å². The number of benzene rings is 2. The van der Waals surface area contributed by atoms with Crippen LogP contribution in [0.3, 0.4) is 0 Å². The molecular formula is C21H22O5. The van der Waals surface area contributed by atoms with Gasteiger partial charge in [0.15, 0.2) is 0 Å². The number of phenols is 2. The first-order valence-corrected chi connectivity index (χ1v) is 8.32. The summed E-state index contributed by atoms with van der Waals surface area (Å²) >= 11 is 0. The van der Waals surface area contributed by atoms with Crippen LogP contribution in [0.2, 0.25) is 0 Å². The van der Waals surface area contributed by atoms with Crippen molar-refractivity contribution in [2.45, 2.75) is 25.0 Å². The number of ether oxygens (including phenoxy) is 2. The Kier molecular flexibility index (Phi) is 4.76. The zero-order valence-electron chi connectivity index (χ0n) is 14.8. The minimum Gasteiger partial charge on any atom is -0.508 e. The number of methoxy groups -OCH3 is 1. The topological polar surface area (TPSA) is 79.2 Å². The van der Waals surface area contributed by atoms with Crippen LogP contribution >= 0.6 is 0 Å². The van der Waals surface area contributed by atoms with Gasteiger partial charge in [0.25, 0.3) is 0 Å². The molecule has 0 bridgehead atoms. The summed E-state index contributed by atoms with van der Waals surface area (Å²) in [7, 11) is 1.64. The fourth-order valence-electron chi connectivity index (χ4n) is 3.02. The fraction of sp³-hybridized carbons (Fsp3) is 0.238. The summed E-state index contributed by atoms with van der Waals surface area (Å²) in [5.41, 5.74) is -0.147. The molecule has 1 aliphatic heterocycles. The third-order valence-electron chi connectivity index (χ3n) is 4.58. The Balaban J connectivity index is 2.08. The van der Waals surface area contributed by atoms with Crippen LogP contribution in [0.25, 0.3) is 0 Å². The number of rotatable bonds is 5. The van der Waals surface area contributed by atoms with Crippen molar-refractivity contribution in [1.82, 2.24) is 0 Å². The van der Waals surface area contributed by atoms with Crippen molar-refractivity contribution in [1.29, 1.82) is 0 Å². The van der Waals surface area contributed by atoms with Crippen LogP contribution in [0.1, 0.15) is 24.5 Å². The maximum absolute atomic E-state index is 11.6. The third-order valence-corrected chi connectivity index (χ3v) is 4.58. The maximum Gasteiger partial charge on any atom is 0.147 e. The second-order valence-corrected chi connectivity index (χ2v) is 6.38. The molecule has 2 aromatic carbocycles. The lowest BCUT2D eigenvalue weighted by molar-refractivity contribution is 0.111. The number of aromatic hydroxyl groups is 2. The molecule has 0 saturated heterocycles. The van der Waals surface area contributed by atoms with Gasteiger partial charge < -0.3 is 24.8 Å². The summed E-state index contributed by atoms with van der Waals surface area (Å²) in [6.07, 6.45) is 4.38. The maximum atomic E-state index is 11.6. The Labute approximate surface area is 152 Å². The molecule has 2 aromatic rings. The SMILES string of the molecule is C=C(/C=C\CC(C)OC)C1(O)c2ccc(O)cc2Oc2cc(O)ccc21. The Bertz CT molecular complexity index is 817. The second kappa shape index (κ2) is 6.86. The lowest BCUT2D eigenvalue weighted by atomic mass is 9.78. The van der Waals surface area contributed by atoms with Crippen LogP contribution in [0, 0.1) is 0 Å². The highest BCUT2D eigenvalue weighted by Crippen LogP contribution is 2.51. The summed E-state index contributed by atoms with van der Waals surface area (Å²) < 4.78 is 11.0. The first kappa shape index (κ1) is 18.0. The Hall–Kier alpha value is -2.76. The smallest absolute Gasteiger partial charge is 0.147 e. The van der Waals surface area contributed by atoms with E-state index < -0.39 is 5.60 Å². The lowest BCUT2D eigenvalue weighted by Gasteiger charge is -2.36. The van der Waals surface area contributed by atoms with E-state index >= 15 is 0 Å². The number of aliphatic hydroxyl groups is 1. The average molecular weight is 354 g/mol. The summed E-state index contributed by atoms with van der Waals surface area (Å²) in [5, 5.41) is 31.2. The number of hydrogen-bond donors (Lipinski definition) is 3. The molecule has 3 rings (SSSR count). The number of hydrogen-bond acceptors (Lipinski definition) is 5. The molecule has 0 amide bonds. The van der Waals surface area contributed by atoms with Gasteiger partial charge >= 0.3 is 0 Å². The van der Waals surface area contributed by atoms with Gasteiger partial charge in [-0.15, -0.1) is 0 Å². The first-order chi connectivity index (χ1) is 12.4. The van der Waals surface area contributed by atoms with E-state index in [9.17, 15) is 15.3 Å². The van der Waals surface area contributed by atoms with Crippen LogP contribution in [0.5, 0.6) is 23.0 Å². The molecule has 1 atom stereocenters. The molecule has 0 aliphatic carbocycles. The normalized spacial score (nSPS) is 15.8. The van der Waals surface area contributed by atoms with E-state index in [0.717, 1.165) is 0 Å². The van der Waals surface area contributed by atoms with Gasteiger partial charge in [0.1, 0.15) is 28.6 Å². The molecule has 5 heteroatoms. The van der Waals surface area contributed by atoms with Crippen molar-refractivity contribution in [3.63, 3.8) is 0 Å². The van der Waals surface area contributed by atoms with Gasteiger partial charge in [-0.3, -0.25) is 0 Å². The summed E-state index contributed by atoms with van der Waals surface area (Å²) in [6, 6.07) is 9.05. The van der Waals surface area contributed by atoms with Crippen LogP contribution in [-0.4, -0.2) is 28.5 Å². The molecule has 0 spiro atoms. The van der Waals surface area contributed by atoms with Gasteiger partial charge in [-0.2, -0.15) is 0 Å². The van der Waals surface area contributed by atoms with Gasteiger partial charge in [-0.25, -0.2) is 0 Å². The van der Waals surface area contributed by atoms with Crippen LogP contribution in [0.15, 0.2) is 60.7 Å². The second-order valence-electron chi connectivity index (χ2n) is 6.38. The standard InChI is InChI=1S/C21H22O5/c1-13(5-4-6-14(2)25-3)21(24)17-9-7-15(22)11-19(17)26-20-12-16(23)8-10-18(20)21/h4-5,7-12,14,22-24H,1,6H2,2-3H3/b5-4-. The van der Waals surface area contributed by atoms with Crippen LogP contribution in [0.4, 0.5) is 0 Å². The van der Waals surface area contributed by atoms with Gasteiger partial charge in [-0.05, 0) is 43.2 Å². The summed E-state index contributed by atoms with van der Waals surface area (Å²) in [6.45, 7) is 6.01. The molecule has 26 heavy (non-hydrogen) atoms. The fourth-order valence-corrected chi connectivity index (χ4v) is 3.02. The predicted octanol–water partition coefficient (Wildman–Crippen LogP) is 3.98. The van der Waals surface area contributed by atoms with Gasteiger partial charge in [0.2, 0.25) is 0 Å². The van der Waals surface area contributed by atoms with E-state index in [-0.39, 0.29) is 17.6 Å². The average Bonchev–Trinajstić information content (AvgIpc) is 2.60. The van der Waals surface area contributed by atoms with E-state index in [4.69, 9.17) is 9.47 Å². The van der Waals surface area contributed by atoms with Crippen molar-refractivity contribution in [3.05, 3.63) is 71.8 Å².